The Balaban J connectivity index is 0.000000276. The van der Waals surface area contributed by atoms with Gasteiger partial charge in [0.2, 0.25) is 5.43 Å². The molecule has 2 aromatic rings. The van der Waals surface area contributed by atoms with Crippen LogP contribution in [0.25, 0.3) is 10.9 Å². The van der Waals surface area contributed by atoms with Gasteiger partial charge in [0.15, 0.2) is 0 Å². The van der Waals surface area contributed by atoms with Crippen molar-refractivity contribution in [3.8, 4) is 0 Å². The van der Waals surface area contributed by atoms with E-state index in [1.807, 2.05) is 9.47 Å². The molecule has 3 heterocycles. The molecule has 0 spiro atoms. The van der Waals surface area contributed by atoms with Crippen LogP contribution in [0.2, 0.25) is 0 Å². The summed E-state index contributed by atoms with van der Waals surface area (Å²) in [6.45, 7) is 1.74. The van der Waals surface area contributed by atoms with Crippen molar-refractivity contribution in [3.05, 3.63) is 39.4 Å². The largest absolute Gasteiger partial charge is 0.490 e. The Hall–Kier alpha value is -3.93. The summed E-state index contributed by atoms with van der Waals surface area (Å²) in [6.07, 6.45) is -6.10. The van der Waals surface area contributed by atoms with Crippen molar-refractivity contribution in [1.29, 1.82) is 0 Å². The number of benzene rings is 1. The van der Waals surface area contributed by atoms with Gasteiger partial charge in [-0.3, -0.25) is 4.79 Å². The van der Waals surface area contributed by atoms with E-state index in [0.717, 1.165) is 24.8 Å². The average molecular weight is 600 g/mol. The highest BCUT2D eigenvalue weighted by Gasteiger charge is 2.40. The third-order valence-electron chi connectivity index (χ3n) is 6.54. The smallest absolute Gasteiger partial charge is 0.477 e. The van der Waals surface area contributed by atoms with Crippen molar-refractivity contribution in [3.63, 3.8) is 0 Å². The Morgan fingerprint density at radius 3 is 1.98 bits per heavy atom. The van der Waals surface area contributed by atoms with Gasteiger partial charge in [-0.25, -0.2) is 18.8 Å². The highest BCUT2D eigenvalue weighted by molar-refractivity contribution is 5.95. The minimum atomic E-state index is -5.08. The molecule has 1 aromatic carbocycles. The standard InChI is InChI=1S/C19H21FN4O3.2C2HF3O2/c20-13-5-10-16(24(9-1-2-9)8-12(18(10)25)19(26)27)11-6-22-7-15-14(21)3-4-23(15)17(11)13;2*3-2(4,5)1(6)7/h5,8-9,14-15,22H,1-4,6-7,21H2,(H,26,27);2*(H,6,7)/t14-,15-;;/m1../s1. The van der Waals surface area contributed by atoms with Crippen molar-refractivity contribution < 1.29 is 60.4 Å². The first kappa shape index (κ1) is 31.6. The summed E-state index contributed by atoms with van der Waals surface area (Å²) in [6, 6.07) is 1.35. The zero-order valence-corrected chi connectivity index (χ0v) is 20.7. The molecule has 2 fully saturated rings. The summed E-state index contributed by atoms with van der Waals surface area (Å²) in [4.78, 5) is 44.1. The summed E-state index contributed by atoms with van der Waals surface area (Å²) in [5.41, 5.74) is 7.16. The zero-order chi connectivity index (χ0) is 31.0. The number of aromatic carboxylic acids is 1. The third kappa shape index (κ3) is 6.87. The van der Waals surface area contributed by atoms with Crippen LogP contribution < -0.4 is 21.4 Å². The van der Waals surface area contributed by atoms with E-state index in [2.05, 4.69) is 5.32 Å². The van der Waals surface area contributed by atoms with Crippen LogP contribution in [0, 0.1) is 5.82 Å². The van der Waals surface area contributed by atoms with Gasteiger partial charge in [-0.15, -0.1) is 0 Å². The predicted molar refractivity (Wildman–Crippen MR) is 126 cm³/mol. The maximum atomic E-state index is 15.2. The zero-order valence-electron chi connectivity index (χ0n) is 20.7. The number of pyridine rings is 1. The fraction of sp³-hybridized carbons (Fsp3) is 0.478. The number of carboxylic acids is 3. The lowest BCUT2D eigenvalue weighted by Gasteiger charge is -2.28. The maximum absolute atomic E-state index is 15.2. The molecule has 11 nitrogen and oxygen atoms in total. The Morgan fingerprint density at radius 2 is 1.51 bits per heavy atom. The fourth-order valence-electron chi connectivity index (χ4n) is 4.59. The fourth-order valence-corrected chi connectivity index (χ4v) is 4.59. The van der Waals surface area contributed by atoms with Crippen LogP contribution in [0.3, 0.4) is 0 Å². The van der Waals surface area contributed by atoms with Gasteiger partial charge in [0.25, 0.3) is 0 Å². The number of nitrogens with two attached hydrogens (primary N) is 1. The molecule has 0 radical (unpaired) electrons. The second-order valence-electron chi connectivity index (χ2n) is 9.35. The van der Waals surface area contributed by atoms with Crippen molar-refractivity contribution in [1.82, 2.24) is 9.88 Å². The van der Waals surface area contributed by atoms with Gasteiger partial charge in [0.1, 0.15) is 11.4 Å². The van der Waals surface area contributed by atoms with Crippen LogP contribution in [-0.2, 0) is 16.1 Å². The number of aromatic nitrogens is 1. The lowest BCUT2D eigenvalue weighted by Crippen LogP contribution is -2.44. The molecule has 1 saturated carbocycles. The van der Waals surface area contributed by atoms with E-state index in [-0.39, 0.29) is 29.1 Å². The number of alkyl halides is 6. The van der Waals surface area contributed by atoms with Crippen LogP contribution in [-0.4, -0.2) is 75.3 Å². The highest BCUT2D eigenvalue weighted by Crippen LogP contribution is 2.42. The molecular formula is C23H23F7N4O7. The van der Waals surface area contributed by atoms with E-state index in [1.54, 1.807) is 0 Å². The lowest BCUT2D eigenvalue weighted by molar-refractivity contribution is -0.193. The van der Waals surface area contributed by atoms with Crippen molar-refractivity contribution in [2.45, 2.75) is 56.3 Å². The summed E-state index contributed by atoms with van der Waals surface area (Å²) >= 11 is 0. The van der Waals surface area contributed by atoms with Crippen molar-refractivity contribution in [2.75, 3.05) is 18.0 Å². The van der Waals surface area contributed by atoms with E-state index in [9.17, 15) is 41.0 Å². The van der Waals surface area contributed by atoms with E-state index < -0.39 is 41.5 Å². The lowest BCUT2D eigenvalue weighted by atomic mass is 10.0. The quantitative estimate of drug-likeness (QED) is 0.322. The number of nitrogens with one attached hydrogen (secondary N) is 1. The number of hydrogen-bond donors (Lipinski definition) is 5. The molecule has 18 heteroatoms. The molecule has 2 aliphatic heterocycles. The average Bonchev–Trinajstić information content (AvgIpc) is 3.65. The molecule has 1 aromatic heterocycles. The Kier molecular flexibility index (Phi) is 8.87. The molecule has 1 saturated heterocycles. The normalized spacial score (nSPS) is 20.0. The molecule has 0 unspecified atom stereocenters. The summed E-state index contributed by atoms with van der Waals surface area (Å²) in [7, 11) is 0. The minimum absolute atomic E-state index is 0.0117. The topological polar surface area (TPSA) is 175 Å². The molecule has 5 rings (SSSR count). The number of nitrogens with zero attached hydrogens (tertiary/aromatic N) is 2. The van der Waals surface area contributed by atoms with Gasteiger partial charge >= 0.3 is 30.3 Å². The Morgan fingerprint density at radius 1 is 0.976 bits per heavy atom. The van der Waals surface area contributed by atoms with Gasteiger partial charge in [-0.05, 0) is 25.3 Å². The molecule has 0 bridgehead atoms. The van der Waals surface area contributed by atoms with Crippen molar-refractivity contribution >= 4 is 34.5 Å². The van der Waals surface area contributed by atoms with E-state index in [4.69, 9.17) is 25.5 Å². The van der Waals surface area contributed by atoms with Crippen LogP contribution in [0.4, 0.5) is 36.4 Å². The maximum Gasteiger partial charge on any atom is 0.490 e. The molecule has 6 N–H and O–H groups in total. The van der Waals surface area contributed by atoms with Crippen molar-refractivity contribution in [2.24, 2.45) is 5.73 Å². The molecule has 41 heavy (non-hydrogen) atoms. The van der Waals surface area contributed by atoms with E-state index >= 15 is 4.39 Å². The van der Waals surface area contributed by atoms with Gasteiger partial charge in [0, 0.05) is 48.9 Å². The number of fused-ring (bicyclic) bond motifs is 5. The number of anilines is 1. The van der Waals surface area contributed by atoms with Gasteiger partial charge in [-0.1, -0.05) is 0 Å². The summed E-state index contributed by atoms with van der Waals surface area (Å²) in [5, 5.41) is 27.2. The first-order chi connectivity index (χ1) is 18.9. The molecule has 3 aliphatic rings. The van der Waals surface area contributed by atoms with Gasteiger partial charge < -0.3 is 35.8 Å². The number of carboxylic acid groups (broad SMARTS) is 3. The second kappa shape index (κ2) is 11.5. The van der Waals surface area contributed by atoms with Gasteiger partial charge in [0.05, 0.1) is 17.2 Å². The van der Waals surface area contributed by atoms with Crippen LogP contribution in [0.1, 0.15) is 41.2 Å². The monoisotopic (exact) mass is 600 g/mol. The van der Waals surface area contributed by atoms with Gasteiger partial charge in [-0.2, -0.15) is 26.3 Å². The predicted octanol–water partition coefficient (Wildman–Crippen LogP) is 2.45. The van der Waals surface area contributed by atoms with Crippen LogP contribution in [0.15, 0.2) is 17.1 Å². The molecule has 2 atom stereocenters. The number of carbonyl (C=O) groups is 3. The van der Waals surface area contributed by atoms with E-state index in [0.29, 0.717) is 30.8 Å². The van der Waals surface area contributed by atoms with E-state index in [1.165, 1.54) is 12.3 Å². The minimum Gasteiger partial charge on any atom is -0.477 e. The number of hydrogen-bond acceptors (Lipinski definition) is 7. The van der Waals surface area contributed by atoms with Crippen LogP contribution in [0.5, 0.6) is 0 Å². The summed E-state index contributed by atoms with van der Waals surface area (Å²) in [5.74, 6) is -7.28. The van der Waals surface area contributed by atoms with Crippen LogP contribution >= 0.6 is 0 Å². The molecular weight excluding hydrogens is 577 g/mol. The second-order valence-corrected chi connectivity index (χ2v) is 9.35. The third-order valence-corrected chi connectivity index (χ3v) is 6.54. The Bertz CT molecular complexity index is 1400. The first-order valence-corrected chi connectivity index (χ1v) is 11.8. The first-order valence-electron chi connectivity index (χ1n) is 11.8. The number of rotatable bonds is 2. The molecule has 0 amide bonds. The molecule has 226 valence electrons. The highest BCUT2D eigenvalue weighted by atomic mass is 19.4. The SMILES string of the molecule is N[C@@H]1CCN2c3c(F)cc4c(=O)c(C(=O)O)cn(C5CC5)c4c3CNC[C@H]12.O=C(O)C(F)(F)F.O=C(O)C(F)(F)F. The molecule has 1 aliphatic carbocycles. The number of aliphatic carboxylic acids is 2. The Labute approximate surface area is 224 Å². The summed E-state index contributed by atoms with van der Waals surface area (Å²) < 4.78 is 80.5. The number of halogens is 7.